The number of fused-ring (bicyclic) bond motifs is 1. The van der Waals surface area contributed by atoms with E-state index in [1.807, 2.05) is 18.2 Å². The van der Waals surface area contributed by atoms with Gasteiger partial charge in [0, 0.05) is 24.1 Å². The molecule has 2 aromatic carbocycles. The number of nitrogens with two attached hydrogens (primary N) is 1. The number of amides is 1. The van der Waals surface area contributed by atoms with E-state index in [1.165, 1.54) is 18.0 Å². The number of carbonyl (C=O) groups is 1. The summed E-state index contributed by atoms with van der Waals surface area (Å²) in [5.74, 6) is 0.323. The number of hydrogen-bond donors (Lipinski definition) is 2. The summed E-state index contributed by atoms with van der Waals surface area (Å²) >= 11 is 0. The molecule has 9 nitrogen and oxygen atoms in total. The zero-order valence-electron chi connectivity index (χ0n) is 23.5. The molecule has 0 unspecified atom stereocenters. The largest absolute Gasteiger partial charge is 0.383 e. The Labute approximate surface area is 232 Å². The summed E-state index contributed by atoms with van der Waals surface area (Å²) in [6, 6.07) is 14.6. The van der Waals surface area contributed by atoms with Crippen LogP contribution >= 0.6 is 0 Å². The molecule has 0 aliphatic carbocycles. The molecule has 0 atom stereocenters. The van der Waals surface area contributed by atoms with E-state index in [0.717, 1.165) is 11.4 Å². The van der Waals surface area contributed by atoms with Crippen LogP contribution in [0.3, 0.4) is 0 Å². The van der Waals surface area contributed by atoms with Crippen LogP contribution in [-0.2, 0) is 23.7 Å². The molecule has 10 heteroatoms. The van der Waals surface area contributed by atoms with Crippen molar-refractivity contribution < 1.29 is 9.18 Å². The molecule has 0 saturated carbocycles. The first kappa shape index (κ1) is 27.0. The van der Waals surface area contributed by atoms with Crippen molar-refractivity contribution in [1.29, 1.82) is 0 Å². The lowest BCUT2D eigenvalue weighted by Gasteiger charge is -2.14. The van der Waals surface area contributed by atoms with Gasteiger partial charge in [-0.1, -0.05) is 58.9 Å². The van der Waals surface area contributed by atoms with Gasteiger partial charge >= 0.3 is 0 Å². The van der Waals surface area contributed by atoms with Crippen molar-refractivity contribution in [3.63, 3.8) is 0 Å². The fourth-order valence-corrected chi connectivity index (χ4v) is 4.54. The topological polar surface area (TPSA) is 117 Å². The molecule has 0 saturated heterocycles. The molecule has 0 radical (unpaired) electrons. The molecule has 0 aliphatic rings. The van der Waals surface area contributed by atoms with Gasteiger partial charge in [-0.15, -0.1) is 0 Å². The Morgan fingerprint density at radius 2 is 1.77 bits per heavy atom. The fraction of sp³-hybridized carbons (Fsp3) is 0.300. The standard InChI is InChI=1S/C30H33FN8O/c1-17(2)18-9-11-21(12-10-18)39-24(15-23(36-39)30(3,4)5)35-25(40)14-19-7-8-20(13-22(19)31)27-26-28(32)33-16-34-29(26)38(6)37-27/h7-13,15-17H,14H2,1-6H3,(H,35,40)(H2,32,33,34). The summed E-state index contributed by atoms with van der Waals surface area (Å²) in [5, 5.41) is 12.7. The molecule has 0 fully saturated rings. The number of anilines is 2. The van der Waals surface area contributed by atoms with Gasteiger partial charge in [-0.3, -0.25) is 4.79 Å². The van der Waals surface area contributed by atoms with Crippen LogP contribution in [0.15, 0.2) is 54.9 Å². The van der Waals surface area contributed by atoms with Gasteiger partial charge in [0.05, 0.1) is 23.2 Å². The predicted octanol–water partition coefficient (Wildman–Crippen LogP) is 5.54. The van der Waals surface area contributed by atoms with Crippen molar-refractivity contribution in [1.82, 2.24) is 29.5 Å². The Bertz CT molecular complexity index is 1710. The molecule has 3 N–H and O–H groups in total. The summed E-state index contributed by atoms with van der Waals surface area (Å²) in [6.07, 6.45) is 1.21. The first-order valence-corrected chi connectivity index (χ1v) is 13.1. The first-order valence-electron chi connectivity index (χ1n) is 13.1. The van der Waals surface area contributed by atoms with Crippen molar-refractivity contribution >= 4 is 28.6 Å². The minimum Gasteiger partial charge on any atom is -0.383 e. The van der Waals surface area contributed by atoms with Crippen molar-refractivity contribution in [2.24, 2.45) is 7.05 Å². The molecular weight excluding hydrogens is 507 g/mol. The van der Waals surface area contributed by atoms with E-state index in [1.54, 1.807) is 28.5 Å². The van der Waals surface area contributed by atoms with Crippen molar-refractivity contribution in [2.45, 2.75) is 52.4 Å². The Kier molecular flexibility index (Phi) is 6.87. The highest BCUT2D eigenvalue weighted by molar-refractivity contribution is 5.98. The Balaban J connectivity index is 1.40. The lowest BCUT2D eigenvalue weighted by Crippen LogP contribution is -2.17. The molecule has 5 rings (SSSR count). The van der Waals surface area contributed by atoms with E-state index in [0.29, 0.717) is 34.0 Å². The first-order chi connectivity index (χ1) is 18.9. The van der Waals surface area contributed by atoms with E-state index < -0.39 is 5.82 Å². The zero-order valence-corrected chi connectivity index (χ0v) is 23.5. The van der Waals surface area contributed by atoms with E-state index in [9.17, 15) is 4.79 Å². The number of halogens is 1. The SMILES string of the molecule is CC(C)c1ccc(-n2nc(C(C)(C)C)cc2NC(=O)Cc2ccc(-c3nn(C)c4ncnc(N)c34)cc2F)cc1. The maximum absolute atomic E-state index is 15.3. The monoisotopic (exact) mass is 540 g/mol. The highest BCUT2D eigenvalue weighted by atomic mass is 19.1. The number of nitrogen functional groups attached to an aromatic ring is 1. The smallest absolute Gasteiger partial charge is 0.230 e. The van der Waals surface area contributed by atoms with Gasteiger partial charge in [0.1, 0.15) is 29.5 Å². The van der Waals surface area contributed by atoms with Crippen LogP contribution in [0.5, 0.6) is 0 Å². The molecule has 1 amide bonds. The second kappa shape index (κ2) is 10.2. The Hall–Kier alpha value is -4.60. The minimum atomic E-state index is -0.518. The molecule has 0 aliphatic heterocycles. The summed E-state index contributed by atoms with van der Waals surface area (Å²) in [5.41, 5.74) is 10.5. The molecule has 3 aromatic heterocycles. The molecule has 206 valence electrons. The normalized spacial score (nSPS) is 11.9. The van der Waals surface area contributed by atoms with E-state index in [2.05, 4.69) is 67.1 Å². The van der Waals surface area contributed by atoms with Crippen LogP contribution in [-0.4, -0.2) is 35.4 Å². The summed E-state index contributed by atoms with van der Waals surface area (Å²) in [6.45, 7) is 10.5. The molecule has 0 spiro atoms. The van der Waals surface area contributed by atoms with Crippen LogP contribution in [0.1, 0.15) is 57.4 Å². The average Bonchev–Trinajstić information content (AvgIpc) is 3.47. The minimum absolute atomic E-state index is 0.150. The van der Waals surface area contributed by atoms with E-state index in [-0.39, 0.29) is 29.1 Å². The predicted molar refractivity (Wildman–Crippen MR) is 155 cm³/mol. The summed E-state index contributed by atoms with van der Waals surface area (Å²) in [4.78, 5) is 21.4. The van der Waals surface area contributed by atoms with Crippen molar-refractivity contribution in [3.05, 3.63) is 77.5 Å². The Morgan fingerprint density at radius 1 is 1.05 bits per heavy atom. The number of hydrogen-bond acceptors (Lipinski definition) is 6. The van der Waals surface area contributed by atoms with Gasteiger partial charge in [0.2, 0.25) is 5.91 Å². The molecule has 40 heavy (non-hydrogen) atoms. The highest BCUT2D eigenvalue weighted by Gasteiger charge is 2.22. The number of nitrogens with one attached hydrogen (secondary N) is 1. The van der Waals surface area contributed by atoms with Gasteiger partial charge in [-0.2, -0.15) is 10.2 Å². The number of benzene rings is 2. The third-order valence-corrected chi connectivity index (χ3v) is 6.88. The second-order valence-electron chi connectivity index (χ2n) is 11.3. The molecule has 5 aromatic rings. The molecule has 0 bridgehead atoms. The number of rotatable bonds is 6. The number of nitrogens with zero attached hydrogens (tertiary/aromatic N) is 6. The lowest BCUT2D eigenvalue weighted by molar-refractivity contribution is -0.115. The van der Waals surface area contributed by atoms with E-state index >= 15 is 4.39 Å². The second-order valence-corrected chi connectivity index (χ2v) is 11.3. The van der Waals surface area contributed by atoms with Gasteiger partial charge in [-0.25, -0.2) is 23.7 Å². The molecule has 3 heterocycles. The summed E-state index contributed by atoms with van der Waals surface area (Å²) < 4.78 is 18.6. The third kappa shape index (κ3) is 5.16. The van der Waals surface area contributed by atoms with Gasteiger partial charge in [0.15, 0.2) is 5.65 Å². The van der Waals surface area contributed by atoms with Gasteiger partial charge < -0.3 is 11.1 Å². The lowest BCUT2D eigenvalue weighted by atomic mass is 9.92. The third-order valence-electron chi connectivity index (χ3n) is 6.88. The summed E-state index contributed by atoms with van der Waals surface area (Å²) in [7, 11) is 1.74. The van der Waals surface area contributed by atoms with Gasteiger partial charge in [-0.05, 0) is 35.2 Å². The zero-order chi connectivity index (χ0) is 28.8. The van der Waals surface area contributed by atoms with Crippen LogP contribution in [0, 0.1) is 5.82 Å². The van der Waals surface area contributed by atoms with Gasteiger partial charge in [0.25, 0.3) is 0 Å². The average molecular weight is 541 g/mol. The van der Waals surface area contributed by atoms with Crippen LogP contribution in [0.4, 0.5) is 16.0 Å². The van der Waals surface area contributed by atoms with Crippen LogP contribution < -0.4 is 11.1 Å². The number of aryl methyl sites for hydroxylation is 1. The fourth-order valence-electron chi connectivity index (χ4n) is 4.54. The maximum Gasteiger partial charge on any atom is 0.230 e. The maximum atomic E-state index is 15.3. The quantitative estimate of drug-likeness (QED) is 0.292. The van der Waals surface area contributed by atoms with Crippen molar-refractivity contribution in [2.75, 3.05) is 11.1 Å². The van der Waals surface area contributed by atoms with Crippen LogP contribution in [0.2, 0.25) is 0 Å². The number of carbonyl (C=O) groups excluding carboxylic acids is 1. The highest BCUT2D eigenvalue weighted by Crippen LogP contribution is 2.31. The van der Waals surface area contributed by atoms with Crippen LogP contribution in [0.25, 0.3) is 28.0 Å². The molecular formula is C30H33FN8O. The number of aromatic nitrogens is 6. The Morgan fingerprint density at radius 3 is 2.42 bits per heavy atom. The van der Waals surface area contributed by atoms with E-state index in [4.69, 9.17) is 10.8 Å². The van der Waals surface area contributed by atoms with Crippen molar-refractivity contribution in [3.8, 4) is 16.9 Å².